The summed E-state index contributed by atoms with van der Waals surface area (Å²) >= 11 is 15.3. The van der Waals surface area contributed by atoms with Crippen LogP contribution in [0.3, 0.4) is 0 Å². The van der Waals surface area contributed by atoms with Crippen molar-refractivity contribution in [2.24, 2.45) is 0 Å². The first-order valence-corrected chi connectivity index (χ1v) is 3.75. The van der Waals surface area contributed by atoms with Gasteiger partial charge in [-0.2, -0.15) is 0 Å². The van der Waals surface area contributed by atoms with Gasteiger partial charge in [-0.15, -0.1) is 11.6 Å². The third-order valence-corrected chi connectivity index (χ3v) is 0.815. The van der Waals surface area contributed by atoms with Crippen LogP contribution in [-0.4, -0.2) is 23.7 Å². The lowest BCUT2D eigenvalue weighted by Crippen LogP contribution is -2.11. The van der Waals surface area contributed by atoms with Crippen LogP contribution in [0.25, 0.3) is 0 Å². The Bertz CT molecular complexity index is 106. The summed E-state index contributed by atoms with van der Waals surface area (Å²) in [6, 6.07) is 0. The molecule has 60 valence electrons. The van der Waals surface area contributed by atoms with Crippen molar-refractivity contribution in [1.29, 1.82) is 0 Å². The van der Waals surface area contributed by atoms with Crippen LogP contribution in [0.1, 0.15) is 0 Å². The lowest BCUT2D eigenvalue weighted by molar-refractivity contribution is 0.0653. The van der Waals surface area contributed by atoms with Crippen molar-refractivity contribution in [2.75, 3.05) is 12.5 Å². The van der Waals surface area contributed by atoms with Crippen molar-refractivity contribution in [2.45, 2.75) is 5.02 Å². The van der Waals surface area contributed by atoms with Gasteiger partial charge in [0.1, 0.15) is 6.61 Å². The minimum atomic E-state index is -1.19. The third kappa shape index (κ3) is 6.26. The minimum absolute atomic E-state index is 0.0842. The first-order valence-electron chi connectivity index (χ1n) is 2.34. The van der Waals surface area contributed by atoms with Crippen LogP contribution in [0.15, 0.2) is 0 Å². The Morgan fingerprint density at radius 1 is 1.50 bits per heavy atom. The second-order valence-electron chi connectivity index (χ2n) is 1.17. The average Bonchev–Trinajstić information content (AvgIpc) is 1.82. The van der Waals surface area contributed by atoms with Crippen molar-refractivity contribution in [3.8, 4) is 0 Å². The summed E-state index contributed by atoms with van der Waals surface area (Å²) in [5.74, 6) is 0.213. The Morgan fingerprint density at radius 3 is 2.50 bits per heavy atom. The van der Waals surface area contributed by atoms with Crippen LogP contribution in [0, 0.1) is 0 Å². The molecule has 0 heterocycles. The highest BCUT2D eigenvalue weighted by Gasteiger charge is 2.07. The molecule has 0 aliphatic rings. The molecule has 0 fully saturated rings. The van der Waals surface area contributed by atoms with Crippen molar-refractivity contribution in [1.82, 2.24) is 0 Å². The lowest BCUT2D eigenvalue weighted by Gasteiger charge is -2.03. The zero-order valence-corrected chi connectivity index (χ0v) is 7.12. The molecule has 0 amide bonds. The van der Waals surface area contributed by atoms with Crippen LogP contribution in [0.5, 0.6) is 0 Å². The fraction of sp³-hybridized carbons (Fsp3) is 0.750. The second kappa shape index (κ2) is 5.89. The Morgan fingerprint density at radius 2 is 2.10 bits per heavy atom. The maximum Gasteiger partial charge on any atom is 0.510 e. The molecule has 0 spiro atoms. The number of rotatable bonds is 3. The summed E-state index contributed by atoms with van der Waals surface area (Å²) in [4.78, 5) is 10.3. The van der Waals surface area contributed by atoms with E-state index in [0.717, 1.165) is 0 Å². The van der Waals surface area contributed by atoms with Crippen molar-refractivity contribution in [3.05, 3.63) is 0 Å². The van der Waals surface area contributed by atoms with E-state index in [9.17, 15) is 4.79 Å². The van der Waals surface area contributed by atoms with Gasteiger partial charge in [0.25, 0.3) is 5.02 Å². The molecule has 0 radical (unpaired) electrons. The van der Waals surface area contributed by atoms with Crippen molar-refractivity contribution in [3.63, 3.8) is 0 Å². The summed E-state index contributed by atoms with van der Waals surface area (Å²) in [6.45, 7) is 0.0842. The topological polar surface area (TPSA) is 35.5 Å². The molecule has 0 rings (SSSR count). The van der Waals surface area contributed by atoms with E-state index in [2.05, 4.69) is 9.47 Å². The SMILES string of the molecule is O=C(OCCCl)OC(Cl)Cl. The van der Waals surface area contributed by atoms with Crippen LogP contribution < -0.4 is 0 Å². The highest BCUT2D eigenvalue weighted by atomic mass is 35.5. The number of ether oxygens (including phenoxy) is 2. The Kier molecular flexibility index (Phi) is 5.97. The predicted octanol–water partition coefficient (Wildman–Crippen LogP) is 2.14. The highest BCUT2D eigenvalue weighted by molar-refractivity contribution is 6.43. The monoisotopic (exact) mass is 206 g/mol. The molecule has 0 unspecified atom stereocenters. The summed E-state index contributed by atoms with van der Waals surface area (Å²) < 4.78 is 8.50. The Labute approximate surface area is 73.1 Å². The molecule has 10 heavy (non-hydrogen) atoms. The molecule has 0 saturated carbocycles. The first-order chi connectivity index (χ1) is 4.66. The average molecular weight is 207 g/mol. The molecule has 0 aliphatic heterocycles. The van der Waals surface area contributed by atoms with E-state index in [4.69, 9.17) is 34.8 Å². The van der Waals surface area contributed by atoms with Gasteiger partial charge in [-0.1, -0.05) is 23.2 Å². The zero-order chi connectivity index (χ0) is 7.98. The van der Waals surface area contributed by atoms with E-state index in [1.54, 1.807) is 0 Å². The summed E-state index contributed by atoms with van der Waals surface area (Å²) in [5, 5.41) is -1.19. The first kappa shape index (κ1) is 10.1. The van der Waals surface area contributed by atoms with Crippen LogP contribution in [0.2, 0.25) is 0 Å². The van der Waals surface area contributed by atoms with Gasteiger partial charge in [-0.05, 0) is 0 Å². The van der Waals surface area contributed by atoms with Crippen LogP contribution in [-0.2, 0) is 9.47 Å². The Balaban J connectivity index is 3.26. The van der Waals surface area contributed by atoms with Crippen molar-refractivity contribution < 1.29 is 14.3 Å². The lowest BCUT2D eigenvalue weighted by atomic mass is 10.9. The van der Waals surface area contributed by atoms with Gasteiger partial charge >= 0.3 is 6.16 Å². The number of hydrogen-bond acceptors (Lipinski definition) is 3. The summed E-state index contributed by atoms with van der Waals surface area (Å²) in [5.41, 5.74) is 0. The third-order valence-electron chi connectivity index (χ3n) is 0.482. The summed E-state index contributed by atoms with van der Waals surface area (Å²) in [6.07, 6.45) is -0.921. The van der Waals surface area contributed by atoms with Gasteiger partial charge in [0, 0.05) is 0 Å². The summed E-state index contributed by atoms with van der Waals surface area (Å²) in [7, 11) is 0. The van der Waals surface area contributed by atoms with E-state index >= 15 is 0 Å². The predicted molar refractivity (Wildman–Crippen MR) is 38.6 cm³/mol. The standard InChI is InChI=1S/C4H5Cl3O3/c5-1-2-9-4(8)10-3(6)7/h3H,1-2H2. The number of carbonyl (C=O) groups excluding carboxylic acids is 1. The molecular formula is C4H5Cl3O3. The van der Waals surface area contributed by atoms with Crippen molar-refractivity contribution >= 4 is 41.0 Å². The van der Waals surface area contributed by atoms with E-state index in [1.165, 1.54) is 0 Å². The normalized spacial score (nSPS) is 9.60. The number of carbonyl (C=O) groups is 1. The molecule has 3 nitrogen and oxygen atoms in total. The highest BCUT2D eigenvalue weighted by Crippen LogP contribution is 2.04. The van der Waals surface area contributed by atoms with Crippen LogP contribution >= 0.6 is 34.8 Å². The molecule has 0 saturated heterocycles. The molecule has 0 N–H and O–H groups in total. The van der Waals surface area contributed by atoms with Gasteiger partial charge in [-0.25, -0.2) is 4.79 Å². The van der Waals surface area contributed by atoms with E-state index in [-0.39, 0.29) is 12.5 Å². The van der Waals surface area contributed by atoms with E-state index in [1.807, 2.05) is 0 Å². The van der Waals surface area contributed by atoms with Gasteiger partial charge < -0.3 is 9.47 Å². The van der Waals surface area contributed by atoms with Gasteiger partial charge in [0.05, 0.1) is 5.88 Å². The molecule has 0 atom stereocenters. The smallest absolute Gasteiger partial charge is 0.433 e. The molecule has 6 heteroatoms. The number of alkyl halides is 3. The largest absolute Gasteiger partial charge is 0.510 e. The van der Waals surface area contributed by atoms with Gasteiger partial charge in [0.15, 0.2) is 0 Å². The van der Waals surface area contributed by atoms with E-state index < -0.39 is 11.2 Å². The minimum Gasteiger partial charge on any atom is -0.433 e. The molecular weight excluding hydrogens is 202 g/mol. The fourth-order valence-electron chi connectivity index (χ4n) is 0.229. The van der Waals surface area contributed by atoms with Crippen LogP contribution in [0.4, 0.5) is 4.79 Å². The van der Waals surface area contributed by atoms with Gasteiger partial charge in [-0.3, -0.25) is 0 Å². The molecule has 0 aromatic carbocycles. The molecule has 0 aliphatic carbocycles. The van der Waals surface area contributed by atoms with E-state index in [0.29, 0.717) is 0 Å². The Hall–Kier alpha value is 0.140. The molecule has 0 aromatic rings. The van der Waals surface area contributed by atoms with Gasteiger partial charge in [0.2, 0.25) is 0 Å². The quantitative estimate of drug-likeness (QED) is 0.525. The molecule has 0 bridgehead atoms. The second-order valence-corrected chi connectivity index (χ2v) is 2.56. The molecule has 0 aromatic heterocycles. The zero-order valence-electron chi connectivity index (χ0n) is 4.85. The number of halogens is 3. The maximum atomic E-state index is 10.3. The number of hydrogen-bond donors (Lipinski definition) is 0. The maximum absolute atomic E-state index is 10.3. The fourth-order valence-corrected chi connectivity index (χ4v) is 0.451.